The van der Waals surface area contributed by atoms with Gasteiger partial charge in [-0.25, -0.2) is 9.97 Å². The molecule has 0 radical (unpaired) electrons. The maximum absolute atomic E-state index is 4.66. The van der Waals surface area contributed by atoms with E-state index in [-0.39, 0.29) is 5.41 Å². The van der Waals surface area contributed by atoms with Gasteiger partial charge < -0.3 is 5.32 Å². The summed E-state index contributed by atoms with van der Waals surface area (Å²) in [7, 11) is 0. The SMILES string of the molecule is CCNc1nc(CC(C)(C)C)nc(C)c1CC. The molecule has 17 heavy (non-hydrogen) atoms. The van der Waals surface area contributed by atoms with Crippen LogP contribution < -0.4 is 5.32 Å². The molecule has 0 saturated heterocycles. The van der Waals surface area contributed by atoms with Crippen LogP contribution in [0.1, 0.15) is 51.7 Å². The minimum Gasteiger partial charge on any atom is -0.370 e. The van der Waals surface area contributed by atoms with Gasteiger partial charge in [0, 0.05) is 24.2 Å². The molecule has 0 aliphatic heterocycles. The molecule has 3 nitrogen and oxygen atoms in total. The predicted molar refractivity (Wildman–Crippen MR) is 73.5 cm³/mol. The van der Waals surface area contributed by atoms with Crippen molar-refractivity contribution >= 4 is 5.82 Å². The number of hydrogen-bond acceptors (Lipinski definition) is 3. The summed E-state index contributed by atoms with van der Waals surface area (Å²) < 4.78 is 0. The van der Waals surface area contributed by atoms with Crippen molar-refractivity contribution in [3.05, 3.63) is 17.1 Å². The average molecular weight is 235 g/mol. The molecule has 1 rings (SSSR count). The van der Waals surface area contributed by atoms with E-state index in [1.165, 1.54) is 5.56 Å². The molecule has 1 aromatic rings. The monoisotopic (exact) mass is 235 g/mol. The lowest BCUT2D eigenvalue weighted by Crippen LogP contribution is -2.15. The van der Waals surface area contributed by atoms with Crippen LogP contribution in [0.2, 0.25) is 0 Å². The first-order valence-electron chi connectivity index (χ1n) is 6.47. The van der Waals surface area contributed by atoms with Crippen molar-refractivity contribution in [2.75, 3.05) is 11.9 Å². The van der Waals surface area contributed by atoms with E-state index in [2.05, 4.69) is 56.8 Å². The summed E-state index contributed by atoms with van der Waals surface area (Å²) in [6, 6.07) is 0. The molecule has 0 unspecified atom stereocenters. The van der Waals surface area contributed by atoms with E-state index in [0.29, 0.717) is 0 Å². The molecule has 0 aliphatic carbocycles. The molecular weight excluding hydrogens is 210 g/mol. The second-order valence-corrected chi connectivity index (χ2v) is 5.67. The fourth-order valence-electron chi connectivity index (χ4n) is 1.94. The largest absolute Gasteiger partial charge is 0.370 e. The Balaban J connectivity index is 3.10. The summed E-state index contributed by atoms with van der Waals surface area (Å²) in [5.74, 6) is 1.96. The first-order chi connectivity index (χ1) is 7.87. The van der Waals surface area contributed by atoms with Gasteiger partial charge in [-0.3, -0.25) is 0 Å². The third kappa shape index (κ3) is 3.99. The van der Waals surface area contributed by atoms with Crippen LogP contribution in [0.15, 0.2) is 0 Å². The topological polar surface area (TPSA) is 37.8 Å². The summed E-state index contributed by atoms with van der Waals surface area (Å²) in [5.41, 5.74) is 2.58. The maximum atomic E-state index is 4.66. The number of hydrogen-bond donors (Lipinski definition) is 1. The van der Waals surface area contributed by atoms with Crippen LogP contribution in [0.25, 0.3) is 0 Å². The Hall–Kier alpha value is -1.12. The third-order valence-electron chi connectivity index (χ3n) is 2.65. The summed E-state index contributed by atoms with van der Waals surface area (Å²) in [6.07, 6.45) is 1.89. The Labute approximate surface area is 105 Å². The van der Waals surface area contributed by atoms with Gasteiger partial charge in [0.1, 0.15) is 11.6 Å². The van der Waals surface area contributed by atoms with Crippen LogP contribution in [0.3, 0.4) is 0 Å². The van der Waals surface area contributed by atoms with Crippen LogP contribution in [-0.4, -0.2) is 16.5 Å². The van der Waals surface area contributed by atoms with Gasteiger partial charge in [-0.05, 0) is 25.7 Å². The number of anilines is 1. The van der Waals surface area contributed by atoms with Crippen molar-refractivity contribution in [1.82, 2.24) is 9.97 Å². The molecule has 3 heteroatoms. The van der Waals surface area contributed by atoms with E-state index in [4.69, 9.17) is 0 Å². The van der Waals surface area contributed by atoms with Gasteiger partial charge in [0.15, 0.2) is 0 Å². The second kappa shape index (κ2) is 5.48. The van der Waals surface area contributed by atoms with Crippen molar-refractivity contribution in [3.8, 4) is 0 Å². The van der Waals surface area contributed by atoms with Crippen LogP contribution in [0, 0.1) is 12.3 Å². The highest BCUT2D eigenvalue weighted by molar-refractivity contribution is 5.46. The molecule has 0 spiro atoms. The van der Waals surface area contributed by atoms with Gasteiger partial charge >= 0.3 is 0 Å². The number of aryl methyl sites for hydroxylation is 1. The van der Waals surface area contributed by atoms with E-state index in [1.54, 1.807) is 0 Å². The van der Waals surface area contributed by atoms with Gasteiger partial charge in [0.05, 0.1) is 0 Å². The first kappa shape index (κ1) is 13.9. The van der Waals surface area contributed by atoms with Crippen molar-refractivity contribution in [2.45, 2.75) is 54.4 Å². The molecule has 0 amide bonds. The summed E-state index contributed by atoms with van der Waals surface area (Å²) in [5, 5.41) is 3.34. The molecule has 1 N–H and O–H groups in total. The van der Waals surface area contributed by atoms with Crippen LogP contribution >= 0.6 is 0 Å². The number of rotatable bonds is 4. The molecule has 0 saturated carbocycles. The normalized spacial score (nSPS) is 11.6. The van der Waals surface area contributed by atoms with Crippen LogP contribution in [0.4, 0.5) is 5.82 Å². The standard InChI is InChI=1S/C14H25N3/c1-7-11-10(3)16-12(9-14(4,5)6)17-13(11)15-8-2/h7-9H2,1-6H3,(H,15,16,17). The quantitative estimate of drug-likeness (QED) is 0.869. The minimum absolute atomic E-state index is 0.226. The first-order valence-corrected chi connectivity index (χ1v) is 6.47. The Morgan fingerprint density at radius 3 is 2.24 bits per heavy atom. The predicted octanol–water partition coefficient (Wildman–Crippen LogP) is 3.37. The van der Waals surface area contributed by atoms with E-state index in [9.17, 15) is 0 Å². The van der Waals surface area contributed by atoms with E-state index < -0.39 is 0 Å². The van der Waals surface area contributed by atoms with Crippen molar-refractivity contribution in [2.24, 2.45) is 5.41 Å². The van der Waals surface area contributed by atoms with E-state index >= 15 is 0 Å². The Bertz CT molecular complexity index is 378. The van der Waals surface area contributed by atoms with E-state index in [1.807, 2.05) is 0 Å². The molecule has 96 valence electrons. The maximum Gasteiger partial charge on any atom is 0.133 e. The average Bonchev–Trinajstić information content (AvgIpc) is 2.15. The van der Waals surface area contributed by atoms with Crippen molar-refractivity contribution < 1.29 is 0 Å². The van der Waals surface area contributed by atoms with Gasteiger partial charge in [-0.1, -0.05) is 27.7 Å². The van der Waals surface area contributed by atoms with Crippen molar-refractivity contribution in [3.63, 3.8) is 0 Å². The number of aromatic nitrogens is 2. The Kier molecular flexibility index (Phi) is 4.49. The van der Waals surface area contributed by atoms with E-state index in [0.717, 1.165) is 36.7 Å². The Morgan fingerprint density at radius 1 is 1.12 bits per heavy atom. The lowest BCUT2D eigenvalue weighted by Gasteiger charge is -2.19. The molecule has 0 fully saturated rings. The van der Waals surface area contributed by atoms with Gasteiger partial charge in [-0.2, -0.15) is 0 Å². The van der Waals surface area contributed by atoms with Crippen LogP contribution in [0.5, 0.6) is 0 Å². The summed E-state index contributed by atoms with van der Waals surface area (Å²) in [6.45, 7) is 13.9. The van der Waals surface area contributed by atoms with Crippen molar-refractivity contribution in [1.29, 1.82) is 0 Å². The zero-order valence-electron chi connectivity index (χ0n) is 12.0. The zero-order chi connectivity index (χ0) is 13.1. The molecule has 1 aromatic heterocycles. The third-order valence-corrected chi connectivity index (χ3v) is 2.65. The number of nitrogens with zero attached hydrogens (tertiary/aromatic N) is 2. The Morgan fingerprint density at radius 2 is 1.76 bits per heavy atom. The lowest BCUT2D eigenvalue weighted by molar-refractivity contribution is 0.400. The zero-order valence-corrected chi connectivity index (χ0v) is 12.0. The summed E-state index contributed by atoms with van der Waals surface area (Å²) >= 11 is 0. The highest BCUT2D eigenvalue weighted by atomic mass is 15.0. The van der Waals surface area contributed by atoms with Gasteiger partial charge in [0.2, 0.25) is 0 Å². The second-order valence-electron chi connectivity index (χ2n) is 5.67. The molecule has 0 atom stereocenters. The van der Waals surface area contributed by atoms with Gasteiger partial charge in [-0.15, -0.1) is 0 Å². The van der Waals surface area contributed by atoms with Crippen LogP contribution in [-0.2, 0) is 12.8 Å². The molecular formula is C14H25N3. The fourth-order valence-corrected chi connectivity index (χ4v) is 1.94. The smallest absolute Gasteiger partial charge is 0.133 e. The highest BCUT2D eigenvalue weighted by Crippen LogP contribution is 2.22. The highest BCUT2D eigenvalue weighted by Gasteiger charge is 2.16. The molecule has 1 heterocycles. The molecule has 0 aliphatic rings. The summed E-state index contributed by atoms with van der Waals surface area (Å²) in [4.78, 5) is 9.28. The molecule has 0 bridgehead atoms. The fraction of sp³-hybridized carbons (Fsp3) is 0.714. The number of nitrogens with one attached hydrogen (secondary N) is 1. The minimum atomic E-state index is 0.226. The molecule has 0 aromatic carbocycles. The van der Waals surface area contributed by atoms with Gasteiger partial charge in [0.25, 0.3) is 0 Å². The lowest BCUT2D eigenvalue weighted by atomic mass is 9.92.